The molecule has 0 saturated carbocycles. The van der Waals surface area contributed by atoms with Crippen molar-refractivity contribution in [2.24, 2.45) is 4.99 Å². The molecule has 2 N–H and O–H groups in total. The van der Waals surface area contributed by atoms with Gasteiger partial charge in [-0.1, -0.05) is 18.2 Å². The molecule has 1 aromatic carbocycles. The molecule has 0 saturated heterocycles. The number of fused-ring (bicyclic) bond motifs is 1. The summed E-state index contributed by atoms with van der Waals surface area (Å²) < 4.78 is 7.20. The number of aryl methyl sites for hydroxylation is 1. The molecule has 3 heterocycles. The summed E-state index contributed by atoms with van der Waals surface area (Å²) >= 11 is 1.52. The number of benzene rings is 1. The number of aromatic amines is 1. The highest BCUT2D eigenvalue weighted by Gasteiger charge is 2.31. The number of quaternary nitrogens is 1. The summed E-state index contributed by atoms with van der Waals surface area (Å²) in [7, 11) is 2.15. The minimum atomic E-state index is -0.593. The van der Waals surface area contributed by atoms with Gasteiger partial charge in [-0.3, -0.25) is 9.89 Å². The van der Waals surface area contributed by atoms with Gasteiger partial charge in [-0.15, -0.1) is 11.3 Å². The largest absolute Gasteiger partial charge is 0.456 e. The minimum Gasteiger partial charge on any atom is -0.456 e. The van der Waals surface area contributed by atoms with Crippen LogP contribution < -0.4 is 10.5 Å². The number of carbonyl (C=O) groups is 1. The van der Waals surface area contributed by atoms with Crippen molar-refractivity contribution in [2.75, 3.05) is 13.6 Å². The molecule has 0 amide bonds. The Kier molecular flexibility index (Phi) is 5.92. The van der Waals surface area contributed by atoms with Crippen LogP contribution in [-0.4, -0.2) is 41.2 Å². The van der Waals surface area contributed by atoms with Crippen molar-refractivity contribution in [3.63, 3.8) is 0 Å². The van der Waals surface area contributed by atoms with Gasteiger partial charge in [-0.25, -0.2) is 14.5 Å². The lowest BCUT2D eigenvalue weighted by molar-refractivity contribution is -0.895. The van der Waals surface area contributed by atoms with Crippen LogP contribution in [0.5, 0.6) is 0 Å². The predicted octanol–water partition coefficient (Wildman–Crippen LogP) is 2.81. The number of hydrogen-bond acceptors (Lipinski definition) is 5. The third kappa shape index (κ3) is 4.47. The van der Waals surface area contributed by atoms with Crippen LogP contribution in [0.3, 0.4) is 0 Å². The number of aromatic nitrogens is 2. The molecule has 0 fully saturated rings. The highest BCUT2D eigenvalue weighted by atomic mass is 32.1. The molecule has 7 nitrogen and oxygen atoms in total. The second-order valence-corrected chi connectivity index (χ2v) is 10.3. The number of nitrogens with zero attached hydrogens (tertiary/aromatic N) is 2. The molecule has 3 aromatic rings. The lowest BCUT2D eigenvalue weighted by Gasteiger charge is -2.22. The number of rotatable bonds is 4. The highest BCUT2D eigenvalue weighted by molar-refractivity contribution is 7.16. The Morgan fingerprint density at radius 1 is 1.28 bits per heavy atom. The maximum absolute atomic E-state index is 13.1. The Morgan fingerprint density at radius 3 is 2.69 bits per heavy atom. The molecule has 32 heavy (non-hydrogen) atoms. The van der Waals surface area contributed by atoms with Gasteiger partial charge in [0.05, 0.1) is 29.7 Å². The zero-order valence-corrected chi connectivity index (χ0v) is 19.9. The molecule has 1 atom stereocenters. The first kappa shape index (κ1) is 22.2. The Labute approximate surface area is 191 Å². The number of thiophene rings is 1. The maximum Gasteiger partial charge on any atom is 0.342 e. The molecule has 168 valence electrons. The van der Waals surface area contributed by atoms with Crippen molar-refractivity contribution in [1.29, 1.82) is 0 Å². The first-order chi connectivity index (χ1) is 15.1. The Hall–Kier alpha value is -2.97. The summed E-state index contributed by atoms with van der Waals surface area (Å²) in [6, 6.07) is 9.40. The smallest absolute Gasteiger partial charge is 0.342 e. The topological polar surface area (TPSA) is 80.9 Å². The van der Waals surface area contributed by atoms with E-state index in [0.717, 1.165) is 35.6 Å². The summed E-state index contributed by atoms with van der Waals surface area (Å²) in [6.07, 6.45) is 2.38. The predicted molar refractivity (Wildman–Crippen MR) is 127 cm³/mol. The number of esters is 1. The molecule has 1 aliphatic rings. The van der Waals surface area contributed by atoms with E-state index in [4.69, 9.17) is 4.74 Å². The molecule has 2 aromatic heterocycles. The van der Waals surface area contributed by atoms with Crippen LogP contribution in [0.1, 0.15) is 52.8 Å². The number of nitrogens with one attached hydrogen (secondary N) is 2. The fourth-order valence-electron chi connectivity index (χ4n) is 3.83. The Morgan fingerprint density at radius 2 is 2.00 bits per heavy atom. The molecular weight excluding hydrogens is 424 g/mol. The van der Waals surface area contributed by atoms with Crippen LogP contribution in [0, 0.1) is 6.92 Å². The second kappa shape index (κ2) is 8.52. The van der Waals surface area contributed by atoms with Crippen molar-refractivity contribution in [1.82, 2.24) is 9.78 Å². The van der Waals surface area contributed by atoms with Gasteiger partial charge >= 0.3 is 5.97 Å². The average Bonchev–Trinajstić information content (AvgIpc) is 3.22. The summed E-state index contributed by atoms with van der Waals surface area (Å²) in [4.78, 5) is 33.3. The van der Waals surface area contributed by atoms with Gasteiger partial charge < -0.3 is 9.64 Å². The molecule has 1 aliphatic heterocycles. The van der Waals surface area contributed by atoms with Crippen LogP contribution in [0.4, 0.5) is 5.00 Å². The average molecular weight is 454 g/mol. The van der Waals surface area contributed by atoms with E-state index in [1.54, 1.807) is 6.21 Å². The quantitative estimate of drug-likeness (QED) is 0.471. The van der Waals surface area contributed by atoms with Crippen molar-refractivity contribution >= 4 is 28.5 Å². The second-order valence-electron chi connectivity index (χ2n) is 9.20. The van der Waals surface area contributed by atoms with Gasteiger partial charge in [-0.2, -0.15) is 0 Å². The Bertz CT molecular complexity index is 1230. The standard InChI is InChI=1S/C24H28N4O3S/c1-15-18(22(29)28(26-15)16-9-7-6-8-10-16)13-25-21-20(23(30)31-24(2,3)4)17-11-12-27(5)14-19(17)32-21/h6-10,13,26H,11-12,14H2,1-5H3/p+1/b25-13+. The van der Waals surface area contributed by atoms with E-state index in [2.05, 4.69) is 17.1 Å². The van der Waals surface area contributed by atoms with Gasteiger partial charge in [0, 0.05) is 18.3 Å². The molecule has 0 radical (unpaired) electrons. The summed E-state index contributed by atoms with van der Waals surface area (Å²) in [6.45, 7) is 9.24. The fourth-order valence-corrected chi connectivity index (χ4v) is 5.12. The number of hydrogen-bond donors (Lipinski definition) is 2. The van der Waals surface area contributed by atoms with Crippen LogP contribution in [0.25, 0.3) is 5.69 Å². The highest BCUT2D eigenvalue weighted by Crippen LogP contribution is 2.38. The van der Waals surface area contributed by atoms with E-state index >= 15 is 0 Å². The van der Waals surface area contributed by atoms with Gasteiger partial charge in [0.25, 0.3) is 5.56 Å². The van der Waals surface area contributed by atoms with Crippen LogP contribution in [0.15, 0.2) is 40.1 Å². The zero-order valence-electron chi connectivity index (χ0n) is 19.1. The van der Waals surface area contributed by atoms with Crippen molar-refractivity contribution in [2.45, 2.75) is 46.3 Å². The normalized spacial score (nSPS) is 16.3. The third-order valence-corrected chi connectivity index (χ3v) is 6.52. The van der Waals surface area contributed by atoms with Crippen LogP contribution in [-0.2, 0) is 17.7 Å². The van der Waals surface area contributed by atoms with E-state index in [9.17, 15) is 9.59 Å². The number of likely N-dealkylation sites (N-methyl/N-ethyl adjacent to an activating group) is 1. The van der Waals surface area contributed by atoms with Gasteiger partial charge in [0.15, 0.2) is 0 Å². The van der Waals surface area contributed by atoms with Gasteiger partial charge in [-0.05, 0) is 45.4 Å². The van der Waals surface area contributed by atoms with E-state index in [0.29, 0.717) is 21.8 Å². The first-order valence-electron chi connectivity index (χ1n) is 10.7. The molecule has 4 rings (SSSR count). The maximum atomic E-state index is 13.1. The van der Waals surface area contributed by atoms with Gasteiger partial charge in [0.1, 0.15) is 22.7 Å². The monoisotopic (exact) mass is 453 g/mol. The van der Waals surface area contributed by atoms with Crippen molar-refractivity contribution in [3.05, 3.63) is 67.9 Å². The van der Waals surface area contributed by atoms with Crippen LogP contribution >= 0.6 is 11.3 Å². The number of para-hydroxylation sites is 1. The van der Waals surface area contributed by atoms with Crippen molar-refractivity contribution < 1.29 is 14.4 Å². The van der Waals surface area contributed by atoms with Gasteiger partial charge in [0.2, 0.25) is 0 Å². The molecular formula is C24H29N4O3S+. The lowest BCUT2D eigenvalue weighted by atomic mass is 10.0. The van der Waals surface area contributed by atoms with E-state index in [1.165, 1.54) is 20.9 Å². The zero-order chi connectivity index (χ0) is 23.0. The number of ether oxygens (including phenoxy) is 1. The molecule has 0 bridgehead atoms. The minimum absolute atomic E-state index is 0.179. The lowest BCUT2D eigenvalue weighted by Crippen LogP contribution is -3.08. The van der Waals surface area contributed by atoms with Crippen LogP contribution in [0.2, 0.25) is 0 Å². The third-order valence-electron chi connectivity index (χ3n) is 5.38. The molecule has 1 unspecified atom stereocenters. The Balaban J connectivity index is 1.74. The first-order valence-corrected chi connectivity index (χ1v) is 11.6. The van der Waals surface area contributed by atoms with E-state index in [1.807, 2.05) is 58.0 Å². The number of aliphatic imine (C=N–C) groups is 1. The van der Waals surface area contributed by atoms with Crippen molar-refractivity contribution in [3.8, 4) is 5.69 Å². The molecule has 0 spiro atoms. The van der Waals surface area contributed by atoms with E-state index in [-0.39, 0.29) is 11.5 Å². The van der Waals surface area contributed by atoms with E-state index < -0.39 is 5.60 Å². The number of H-pyrrole nitrogens is 1. The summed E-state index contributed by atoms with van der Waals surface area (Å²) in [5.41, 5.74) is 2.75. The molecule has 0 aliphatic carbocycles. The summed E-state index contributed by atoms with van der Waals surface area (Å²) in [5.74, 6) is -0.353. The summed E-state index contributed by atoms with van der Waals surface area (Å²) in [5, 5.41) is 3.71. The molecule has 8 heteroatoms. The number of carbonyl (C=O) groups excluding carboxylic acids is 1. The fraction of sp³-hybridized carbons (Fsp3) is 0.375. The SMILES string of the molecule is Cc1[nH]n(-c2ccccc2)c(=O)c1/C=N/c1sc2c(c1C(=O)OC(C)(C)C)CC[NH+](C)C2.